The summed E-state index contributed by atoms with van der Waals surface area (Å²) >= 11 is 9.41. The Labute approximate surface area is 245 Å². The van der Waals surface area contributed by atoms with Crippen LogP contribution in [0.5, 0.6) is 0 Å². The van der Waals surface area contributed by atoms with Gasteiger partial charge in [-0.25, -0.2) is 0 Å². The van der Waals surface area contributed by atoms with Crippen LogP contribution in [0.15, 0.2) is 23.7 Å². The Hall–Kier alpha value is -1.45. The Morgan fingerprint density at radius 3 is 1.74 bits per heavy atom. The maximum absolute atomic E-state index is 13.4. The van der Waals surface area contributed by atoms with Crippen LogP contribution in [0.2, 0.25) is 0 Å². The molecular weight excluding hydrogens is 536 g/mol. The number of aliphatic carboxylic acids is 1. The van der Waals surface area contributed by atoms with Crippen LogP contribution < -0.4 is 0 Å². The third-order valence-electron chi connectivity index (χ3n) is 7.83. The molecule has 9 heteroatoms. The number of carbonyl (C=O) groups excluding carboxylic acids is 2. The van der Waals surface area contributed by atoms with Gasteiger partial charge < -0.3 is 19.7 Å². The summed E-state index contributed by atoms with van der Waals surface area (Å²) in [6.07, 6.45) is 7.54. The Kier molecular flexibility index (Phi) is 10.2. The van der Waals surface area contributed by atoms with E-state index in [9.17, 15) is 24.6 Å². The molecule has 2 rings (SSSR count). The molecule has 0 bridgehead atoms. The summed E-state index contributed by atoms with van der Waals surface area (Å²) in [5.74, 6) is 0.0326. The topological polar surface area (TPSA) is 110 Å². The third-order valence-corrected chi connectivity index (χ3v) is 8.87. The van der Waals surface area contributed by atoms with Crippen molar-refractivity contribution in [2.24, 2.45) is 21.7 Å². The highest BCUT2D eigenvalue weighted by Crippen LogP contribution is 2.46. The first kappa shape index (κ1) is 33.8. The molecule has 0 radical (unpaired) electrons. The van der Waals surface area contributed by atoms with Crippen molar-refractivity contribution in [3.8, 4) is 0 Å². The van der Waals surface area contributed by atoms with E-state index in [0.717, 1.165) is 12.8 Å². The van der Waals surface area contributed by atoms with Crippen LogP contribution in [0.3, 0.4) is 0 Å². The Balaban J connectivity index is 2.15. The number of aliphatic hydroxyl groups is 1. The van der Waals surface area contributed by atoms with Gasteiger partial charge in [0.05, 0.1) is 16.9 Å². The van der Waals surface area contributed by atoms with Crippen molar-refractivity contribution in [1.29, 1.82) is 0 Å². The molecule has 0 amide bonds. The maximum Gasteiger partial charge on any atom is 0.309 e. The van der Waals surface area contributed by atoms with Crippen LogP contribution in [0, 0.1) is 21.7 Å². The lowest BCUT2D eigenvalue weighted by atomic mass is 9.78. The van der Waals surface area contributed by atoms with Crippen molar-refractivity contribution >= 4 is 42.8 Å². The minimum absolute atomic E-state index is 0.102. The number of aliphatic hydroxyl groups excluding tert-OH is 1. The number of rotatable bonds is 13. The molecule has 2 unspecified atom stereocenters. The summed E-state index contributed by atoms with van der Waals surface area (Å²) in [6, 6.07) is 0. The highest BCUT2D eigenvalue weighted by molar-refractivity contribution is 7.82. The molecule has 2 aliphatic heterocycles. The third kappa shape index (κ3) is 8.29. The van der Waals surface area contributed by atoms with E-state index in [0.29, 0.717) is 37.2 Å². The summed E-state index contributed by atoms with van der Waals surface area (Å²) in [5.41, 5.74) is -2.71. The van der Waals surface area contributed by atoms with Gasteiger partial charge in [0, 0.05) is 43.1 Å². The number of carboxylic acid groups (broad SMARTS) is 1. The van der Waals surface area contributed by atoms with Crippen LogP contribution >= 0.6 is 25.3 Å². The lowest BCUT2D eigenvalue weighted by Crippen LogP contribution is -2.48. The van der Waals surface area contributed by atoms with Gasteiger partial charge in [0.1, 0.15) is 0 Å². The number of allylic oxidation sites excluding steroid dienone is 4. The molecule has 2 aliphatic rings. The van der Waals surface area contributed by atoms with E-state index in [1.54, 1.807) is 33.8 Å². The summed E-state index contributed by atoms with van der Waals surface area (Å²) < 4.78 is 12.4. The van der Waals surface area contributed by atoms with Gasteiger partial charge in [-0.3, -0.25) is 14.4 Å². The molecule has 0 aliphatic carbocycles. The molecule has 222 valence electrons. The molecule has 2 N–H and O–H groups in total. The molecule has 0 fully saturated rings. The number of thiol groups is 2. The first-order chi connectivity index (χ1) is 17.6. The zero-order valence-electron chi connectivity index (χ0n) is 24.8. The standard InChI is InChI=1S/C30H48O7S2/c1-25(2,19-31)13-9-11-20-17-27(5,6)23(33)30(39,36-20)16-12-21-18-28(7,8)22(32)29(38,37-21)15-10-14-26(3,4)24(34)35/h17-18,31,38-39H,9-16,19H2,1-8H3,(H,34,35). The molecule has 7 nitrogen and oxygen atoms in total. The number of hydrogen-bond acceptors (Lipinski definition) is 8. The predicted octanol–water partition coefficient (Wildman–Crippen LogP) is 6.51. The Morgan fingerprint density at radius 2 is 1.28 bits per heavy atom. The molecule has 39 heavy (non-hydrogen) atoms. The average molecular weight is 585 g/mol. The monoisotopic (exact) mass is 584 g/mol. The van der Waals surface area contributed by atoms with Crippen molar-refractivity contribution in [3.05, 3.63) is 23.7 Å². The molecule has 0 saturated carbocycles. The van der Waals surface area contributed by atoms with Crippen molar-refractivity contribution < 1.29 is 34.1 Å². The number of Topliss-reactive ketones (excluding diaryl/α,β-unsaturated/α-hetero) is 2. The van der Waals surface area contributed by atoms with Crippen molar-refractivity contribution in [2.45, 2.75) is 117 Å². The summed E-state index contributed by atoms with van der Waals surface area (Å²) in [6.45, 7) is 14.8. The van der Waals surface area contributed by atoms with Gasteiger partial charge >= 0.3 is 5.97 Å². The fraction of sp³-hybridized carbons (Fsp3) is 0.767. The zero-order chi connectivity index (χ0) is 30.1. The minimum atomic E-state index is -1.40. The van der Waals surface area contributed by atoms with Crippen molar-refractivity contribution in [3.63, 3.8) is 0 Å². The lowest BCUT2D eigenvalue weighted by Gasteiger charge is -2.42. The summed E-state index contributed by atoms with van der Waals surface area (Å²) in [7, 11) is 0. The molecular formula is C30H48O7S2. The first-order valence-corrected chi connectivity index (χ1v) is 14.7. The summed E-state index contributed by atoms with van der Waals surface area (Å²) in [5, 5.41) is 19.0. The maximum atomic E-state index is 13.4. The van der Waals surface area contributed by atoms with Crippen LogP contribution in [0.4, 0.5) is 0 Å². The number of carboxylic acids is 1. The molecule has 0 aromatic rings. The second kappa shape index (κ2) is 11.8. The zero-order valence-corrected chi connectivity index (χ0v) is 26.6. The quantitative estimate of drug-likeness (QED) is 0.183. The number of hydrogen-bond donors (Lipinski definition) is 4. The normalized spacial score (nSPS) is 26.8. The molecule has 0 aromatic heterocycles. The van der Waals surface area contributed by atoms with Gasteiger partial charge in [-0.05, 0) is 84.8 Å². The Bertz CT molecular complexity index is 1020. The van der Waals surface area contributed by atoms with Crippen molar-refractivity contribution in [2.75, 3.05) is 6.61 Å². The van der Waals surface area contributed by atoms with E-state index >= 15 is 0 Å². The van der Waals surface area contributed by atoms with Gasteiger partial charge in [0.15, 0.2) is 11.6 Å². The van der Waals surface area contributed by atoms with Crippen LogP contribution in [0.25, 0.3) is 0 Å². The smallest absolute Gasteiger partial charge is 0.309 e. The molecule has 0 saturated heterocycles. The van der Waals surface area contributed by atoms with E-state index in [1.807, 2.05) is 33.8 Å². The number of ketones is 2. The average Bonchev–Trinajstić information content (AvgIpc) is 2.79. The van der Waals surface area contributed by atoms with E-state index in [-0.39, 0.29) is 36.4 Å². The molecule has 2 atom stereocenters. The highest BCUT2D eigenvalue weighted by Gasteiger charge is 2.51. The SMILES string of the molecule is CC(C)(CO)CCCC1=CC(C)(C)C(=O)C(S)(CCC2=CC(C)(C)C(=O)C(S)(CCCC(C)(C)C(=O)O)O2)O1. The van der Waals surface area contributed by atoms with E-state index in [2.05, 4.69) is 12.6 Å². The predicted molar refractivity (Wildman–Crippen MR) is 159 cm³/mol. The molecule has 0 spiro atoms. The van der Waals surface area contributed by atoms with Crippen LogP contribution in [-0.4, -0.2) is 44.2 Å². The number of carbonyl (C=O) groups is 3. The lowest BCUT2D eigenvalue weighted by molar-refractivity contribution is -0.147. The van der Waals surface area contributed by atoms with E-state index in [4.69, 9.17) is 22.1 Å². The minimum Gasteiger partial charge on any atom is -0.481 e. The van der Waals surface area contributed by atoms with Gasteiger partial charge in [-0.2, -0.15) is 0 Å². The van der Waals surface area contributed by atoms with E-state index in [1.165, 1.54) is 0 Å². The second-order valence-electron chi connectivity index (χ2n) is 13.8. The van der Waals surface area contributed by atoms with Gasteiger partial charge in [-0.15, -0.1) is 25.3 Å². The van der Waals surface area contributed by atoms with Gasteiger partial charge in [0.25, 0.3) is 0 Å². The van der Waals surface area contributed by atoms with Gasteiger partial charge in [0.2, 0.25) is 9.87 Å². The van der Waals surface area contributed by atoms with Crippen LogP contribution in [-0.2, 0) is 23.9 Å². The molecule has 2 heterocycles. The Morgan fingerprint density at radius 1 is 0.821 bits per heavy atom. The largest absolute Gasteiger partial charge is 0.481 e. The summed E-state index contributed by atoms with van der Waals surface area (Å²) in [4.78, 5) is 35.4. The van der Waals surface area contributed by atoms with Crippen molar-refractivity contribution in [1.82, 2.24) is 0 Å². The first-order valence-electron chi connectivity index (χ1n) is 13.8. The van der Waals surface area contributed by atoms with Crippen LogP contribution in [0.1, 0.15) is 107 Å². The molecule has 0 aromatic carbocycles. The fourth-order valence-corrected chi connectivity index (χ4v) is 6.17. The van der Waals surface area contributed by atoms with E-state index < -0.39 is 32.1 Å². The van der Waals surface area contributed by atoms with Gasteiger partial charge in [-0.1, -0.05) is 13.8 Å². The second-order valence-corrected chi connectivity index (χ2v) is 15.3. The fourth-order valence-electron chi connectivity index (χ4n) is 5.09. The highest BCUT2D eigenvalue weighted by atomic mass is 32.1. The number of ether oxygens (including phenoxy) is 2.